The van der Waals surface area contributed by atoms with Gasteiger partial charge in [-0.3, -0.25) is 9.78 Å². The number of aliphatic carboxylic acids is 1. The van der Waals surface area contributed by atoms with Crippen molar-refractivity contribution in [2.75, 3.05) is 0 Å². The van der Waals surface area contributed by atoms with Crippen molar-refractivity contribution in [3.8, 4) is 0 Å². The van der Waals surface area contributed by atoms with E-state index < -0.39 is 5.97 Å². The first-order valence-corrected chi connectivity index (χ1v) is 6.02. The minimum absolute atomic E-state index is 0.0554. The number of thiazole rings is 1. The monoisotopic (exact) mass is 248 g/mol. The summed E-state index contributed by atoms with van der Waals surface area (Å²) >= 11 is 1.47. The van der Waals surface area contributed by atoms with Gasteiger partial charge < -0.3 is 5.11 Å². The molecule has 0 aliphatic carbocycles. The lowest BCUT2D eigenvalue weighted by molar-refractivity contribution is -0.136. The van der Waals surface area contributed by atoms with Gasteiger partial charge in [-0.1, -0.05) is 0 Å². The van der Waals surface area contributed by atoms with Crippen molar-refractivity contribution in [1.29, 1.82) is 0 Å². The molecule has 0 saturated carbocycles. The zero-order valence-electron chi connectivity index (χ0n) is 9.38. The van der Waals surface area contributed by atoms with Gasteiger partial charge >= 0.3 is 5.97 Å². The van der Waals surface area contributed by atoms with Crippen LogP contribution in [0.5, 0.6) is 0 Å². The third-order valence-corrected chi connectivity index (χ3v) is 3.51. The maximum Gasteiger partial charge on any atom is 0.308 e. The Labute approximate surface area is 103 Å². The summed E-state index contributed by atoms with van der Waals surface area (Å²) in [5.41, 5.74) is 1.96. The summed E-state index contributed by atoms with van der Waals surface area (Å²) in [6.45, 7) is 1.85. The lowest BCUT2D eigenvalue weighted by Crippen LogP contribution is -1.99. The van der Waals surface area contributed by atoms with E-state index in [9.17, 15) is 4.79 Å². The highest BCUT2D eigenvalue weighted by molar-refractivity contribution is 7.11. The molecule has 0 aromatic carbocycles. The number of hydrogen-bond acceptors (Lipinski definition) is 4. The molecule has 0 amide bonds. The average Bonchev–Trinajstić information content (AvgIpc) is 2.59. The lowest BCUT2D eigenvalue weighted by Gasteiger charge is -1.95. The van der Waals surface area contributed by atoms with Crippen molar-refractivity contribution < 1.29 is 9.90 Å². The van der Waals surface area contributed by atoms with E-state index in [0.29, 0.717) is 0 Å². The molecule has 0 bridgehead atoms. The molecule has 2 aromatic heterocycles. The summed E-state index contributed by atoms with van der Waals surface area (Å²) in [4.78, 5) is 19.8. The van der Waals surface area contributed by atoms with Gasteiger partial charge in [-0.2, -0.15) is 0 Å². The second-order valence-electron chi connectivity index (χ2n) is 3.72. The largest absolute Gasteiger partial charge is 0.481 e. The number of nitrogens with zero attached hydrogens (tertiary/aromatic N) is 2. The standard InChI is InChI=1S/C12H12N2O2S/c1-8-10(7-12(15)16)17-11(14-8)6-9-2-4-13-5-3-9/h2-5H,6-7H2,1H3,(H,15,16). The molecule has 4 nitrogen and oxygen atoms in total. The molecule has 0 atom stereocenters. The van der Waals surface area contributed by atoms with Crippen molar-refractivity contribution >= 4 is 17.3 Å². The molecule has 0 aliphatic heterocycles. The van der Waals surface area contributed by atoms with Gasteiger partial charge in [0.05, 0.1) is 17.1 Å². The van der Waals surface area contributed by atoms with Crippen molar-refractivity contribution in [3.63, 3.8) is 0 Å². The van der Waals surface area contributed by atoms with Gasteiger partial charge in [-0.15, -0.1) is 11.3 Å². The van der Waals surface area contributed by atoms with Gasteiger partial charge in [-0.05, 0) is 24.6 Å². The Bertz CT molecular complexity index is 523. The fourth-order valence-electron chi connectivity index (χ4n) is 1.54. The van der Waals surface area contributed by atoms with Gasteiger partial charge in [0.25, 0.3) is 0 Å². The Morgan fingerprint density at radius 2 is 2.12 bits per heavy atom. The van der Waals surface area contributed by atoms with Gasteiger partial charge in [0, 0.05) is 23.7 Å². The first kappa shape index (κ1) is 11.7. The predicted molar refractivity (Wildman–Crippen MR) is 65.2 cm³/mol. The molecule has 1 N–H and O–H groups in total. The van der Waals surface area contributed by atoms with E-state index in [-0.39, 0.29) is 6.42 Å². The molecule has 0 fully saturated rings. The van der Waals surface area contributed by atoms with Crippen molar-refractivity contribution in [1.82, 2.24) is 9.97 Å². The molecule has 5 heteroatoms. The fourth-order valence-corrected chi connectivity index (χ4v) is 2.64. The molecule has 0 saturated heterocycles. The number of carboxylic acids is 1. The van der Waals surface area contributed by atoms with Gasteiger partial charge in [0.15, 0.2) is 0 Å². The van der Waals surface area contributed by atoms with E-state index in [4.69, 9.17) is 5.11 Å². The third-order valence-electron chi connectivity index (χ3n) is 2.35. The smallest absolute Gasteiger partial charge is 0.308 e. The lowest BCUT2D eigenvalue weighted by atomic mass is 10.2. The summed E-state index contributed by atoms with van der Waals surface area (Å²) in [6, 6.07) is 3.88. The quantitative estimate of drug-likeness (QED) is 0.899. The van der Waals surface area contributed by atoms with Crippen LogP contribution in [0.2, 0.25) is 0 Å². The minimum atomic E-state index is -0.813. The van der Waals surface area contributed by atoms with Crippen LogP contribution in [0.15, 0.2) is 24.5 Å². The molecule has 2 aromatic rings. The highest BCUT2D eigenvalue weighted by atomic mass is 32.1. The molecule has 0 spiro atoms. The number of hydrogen-bond donors (Lipinski definition) is 1. The molecule has 0 radical (unpaired) electrons. The predicted octanol–water partition coefficient (Wildman–Crippen LogP) is 2.06. The molecule has 2 rings (SSSR count). The third kappa shape index (κ3) is 3.10. The van der Waals surface area contributed by atoms with Crippen LogP contribution in [0.4, 0.5) is 0 Å². The summed E-state index contributed by atoms with van der Waals surface area (Å²) in [5, 5.41) is 9.71. The van der Waals surface area contributed by atoms with Crippen LogP contribution in [-0.2, 0) is 17.6 Å². The van der Waals surface area contributed by atoms with Gasteiger partial charge in [0.2, 0.25) is 0 Å². The van der Waals surface area contributed by atoms with Crippen molar-refractivity contribution in [2.45, 2.75) is 19.8 Å². The molecule has 88 valence electrons. The second-order valence-corrected chi connectivity index (χ2v) is 4.89. The van der Waals surface area contributed by atoms with Gasteiger partial charge in [0.1, 0.15) is 0 Å². The van der Waals surface area contributed by atoms with Crippen LogP contribution < -0.4 is 0 Å². The van der Waals surface area contributed by atoms with Crippen LogP contribution in [0.25, 0.3) is 0 Å². The fraction of sp³-hybridized carbons (Fsp3) is 0.250. The van der Waals surface area contributed by atoms with E-state index in [1.165, 1.54) is 11.3 Å². The average molecular weight is 248 g/mol. The molecular formula is C12H12N2O2S. The number of carboxylic acid groups (broad SMARTS) is 1. The summed E-state index contributed by atoms with van der Waals surface area (Å²) < 4.78 is 0. The molecule has 0 aliphatic rings. The van der Waals surface area contributed by atoms with E-state index in [2.05, 4.69) is 9.97 Å². The van der Waals surface area contributed by atoms with E-state index in [1.807, 2.05) is 19.1 Å². The van der Waals surface area contributed by atoms with Crippen LogP contribution >= 0.6 is 11.3 Å². The molecular weight excluding hydrogens is 236 g/mol. The number of carbonyl (C=O) groups is 1. The van der Waals surface area contributed by atoms with Crippen molar-refractivity contribution in [3.05, 3.63) is 45.7 Å². The Balaban J connectivity index is 2.15. The maximum atomic E-state index is 10.7. The summed E-state index contributed by atoms with van der Waals surface area (Å²) in [5.74, 6) is -0.813. The number of pyridine rings is 1. The van der Waals surface area contributed by atoms with Crippen LogP contribution in [0, 0.1) is 6.92 Å². The molecule has 2 heterocycles. The SMILES string of the molecule is Cc1nc(Cc2ccncc2)sc1CC(=O)O. The Morgan fingerprint density at radius 1 is 1.41 bits per heavy atom. The van der Waals surface area contributed by atoms with E-state index >= 15 is 0 Å². The highest BCUT2D eigenvalue weighted by Crippen LogP contribution is 2.21. The topological polar surface area (TPSA) is 63.1 Å². The van der Waals surface area contributed by atoms with Crippen LogP contribution in [0.3, 0.4) is 0 Å². The Morgan fingerprint density at radius 3 is 2.76 bits per heavy atom. The number of aromatic nitrogens is 2. The zero-order valence-corrected chi connectivity index (χ0v) is 10.2. The van der Waals surface area contributed by atoms with E-state index in [1.54, 1.807) is 12.4 Å². The van der Waals surface area contributed by atoms with Crippen LogP contribution in [-0.4, -0.2) is 21.0 Å². The normalized spacial score (nSPS) is 10.4. The van der Waals surface area contributed by atoms with E-state index in [0.717, 1.165) is 27.6 Å². The number of rotatable bonds is 4. The zero-order chi connectivity index (χ0) is 12.3. The first-order chi connectivity index (χ1) is 8.15. The minimum Gasteiger partial charge on any atom is -0.481 e. The second kappa shape index (κ2) is 5.05. The summed E-state index contributed by atoms with van der Waals surface area (Å²) in [6.07, 6.45) is 4.27. The molecule has 0 unspecified atom stereocenters. The Kier molecular flexibility index (Phi) is 3.49. The van der Waals surface area contributed by atoms with Crippen molar-refractivity contribution in [2.24, 2.45) is 0 Å². The Hall–Kier alpha value is -1.75. The highest BCUT2D eigenvalue weighted by Gasteiger charge is 2.11. The van der Waals surface area contributed by atoms with Crippen LogP contribution in [0.1, 0.15) is 21.1 Å². The number of aryl methyl sites for hydroxylation is 1. The first-order valence-electron chi connectivity index (χ1n) is 5.21. The maximum absolute atomic E-state index is 10.7. The summed E-state index contributed by atoms with van der Waals surface area (Å²) in [7, 11) is 0. The van der Waals surface area contributed by atoms with Gasteiger partial charge in [-0.25, -0.2) is 4.98 Å². The molecule has 17 heavy (non-hydrogen) atoms.